The summed E-state index contributed by atoms with van der Waals surface area (Å²) in [4.78, 5) is 23.7. The number of ether oxygens (including phenoxy) is 1. The number of hydrogen-bond donors (Lipinski definition) is 1. The van der Waals surface area contributed by atoms with Crippen molar-refractivity contribution in [2.45, 2.75) is 13.3 Å². The molecule has 5 heteroatoms. The number of carbonyl (C=O) groups excluding carboxylic acids is 2. The van der Waals surface area contributed by atoms with Crippen LogP contribution in [0.3, 0.4) is 0 Å². The standard InChI is InChI=1S/C18H18BrNO3/c1-13-3-2-4-16(11-13)20-18(22)12-23-10-9-17(21)14-5-7-15(19)8-6-14/h2-8,11H,9-10,12H2,1H3,(H,20,22). The quantitative estimate of drug-likeness (QED) is 0.587. The van der Waals surface area contributed by atoms with Crippen molar-refractivity contribution in [1.82, 2.24) is 0 Å². The number of aryl methyl sites for hydroxylation is 1. The Labute approximate surface area is 144 Å². The number of carbonyl (C=O) groups is 2. The Morgan fingerprint density at radius 2 is 1.87 bits per heavy atom. The first-order chi connectivity index (χ1) is 11.0. The van der Waals surface area contributed by atoms with E-state index >= 15 is 0 Å². The second-order valence-electron chi connectivity index (χ2n) is 5.15. The minimum Gasteiger partial charge on any atom is -0.371 e. The average molecular weight is 376 g/mol. The molecule has 1 N–H and O–H groups in total. The number of amides is 1. The number of halogens is 1. The van der Waals surface area contributed by atoms with Crippen molar-refractivity contribution >= 4 is 33.3 Å². The van der Waals surface area contributed by atoms with Gasteiger partial charge >= 0.3 is 0 Å². The molecule has 0 aliphatic carbocycles. The van der Waals surface area contributed by atoms with Crippen molar-refractivity contribution in [3.63, 3.8) is 0 Å². The van der Waals surface area contributed by atoms with Gasteiger partial charge in [-0.1, -0.05) is 40.2 Å². The maximum Gasteiger partial charge on any atom is 0.250 e. The summed E-state index contributed by atoms with van der Waals surface area (Å²) in [5.74, 6) is -0.233. The molecular formula is C18H18BrNO3. The van der Waals surface area contributed by atoms with Gasteiger partial charge < -0.3 is 10.1 Å². The van der Waals surface area contributed by atoms with Gasteiger partial charge in [0.15, 0.2) is 5.78 Å². The van der Waals surface area contributed by atoms with E-state index in [1.807, 2.05) is 43.3 Å². The van der Waals surface area contributed by atoms with Crippen LogP contribution in [-0.2, 0) is 9.53 Å². The Bertz CT molecular complexity index is 683. The Kier molecular flexibility index (Phi) is 6.50. The van der Waals surface area contributed by atoms with Gasteiger partial charge in [0.25, 0.3) is 0 Å². The molecule has 0 saturated carbocycles. The lowest BCUT2D eigenvalue weighted by molar-refractivity contribution is -0.120. The van der Waals surface area contributed by atoms with E-state index in [1.54, 1.807) is 12.1 Å². The smallest absolute Gasteiger partial charge is 0.250 e. The van der Waals surface area contributed by atoms with E-state index in [0.29, 0.717) is 5.56 Å². The van der Waals surface area contributed by atoms with Crippen LogP contribution < -0.4 is 5.32 Å². The molecule has 0 aliphatic heterocycles. The van der Waals surface area contributed by atoms with Gasteiger partial charge in [-0.05, 0) is 36.8 Å². The third-order valence-electron chi connectivity index (χ3n) is 3.17. The number of benzene rings is 2. The fourth-order valence-electron chi connectivity index (χ4n) is 2.03. The number of hydrogen-bond acceptors (Lipinski definition) is 3. The Morgan fingerprint density at radius 1 is 1.13 bits per heavy atom. The molecule has 23 heavy (non-hydrogen) atoms. The van der Waals surface area contributed by atoms with Gasteiger partial charge in [-0.3, -0.25) is 9.59 Å². The third-order valence-corrected chi connectivity index (χ3v) is 3.70. The zero-order valence-corrected chi connectivity index (χ0v) is 14.4. The van der Waals surface area contributed by atoms with Crippen molar-refractivity contribution in [1.29, 1.82) is 0 Å². The van der Waals surface area contributed by atoms with E-state index in [-0.39, 0.29) is 31.3 Å². The number of Topliss-reactive ketones (excluding diaryl/α,β-unsaturated/α-hetero) is 1. The van der Waals surface area contributed by atoms with Gasteiger partial charge in [0.2, 0.25) is 5.91 Å². The SMILES string of the molecule is Cc1cccc(NC(=O)COCCC(=O)c2ccc(Br)cc2)c1. The van der Waals surface area contributed by atoms with Gasteiger partial charge in [0, 0.05) is 22.1 Å². The molecule has 0 heterocycles. The third kappa shape index (κ3) is 5.96. The second kappa shape index (κ2) is 8.60. The number of nitrogens with one attached hydrogen (secondary N) is 1. The van der Waals surface area contributed by atoms with E-state index in [0.717, 1.165) is 15.7 Å². The molecule has 0 radical (unpaired) electrons. The fourth-order valence-corrected chi connectivity index (χ4v) is 2.29. The van der Waals surface area contributed by atoms with Crippen LogP contribution >= 0.6 is 15.9 Å². The summed E-state index contributed by atoms with van der Waals surface area (Å²) in [6.07, 6.45) is 0.249. The van der Waals surface area contributed by atoms with E-state index in [1.165, 1.54) is 0 Å². The normalized spacial score (nSPS) is 10.3. The Morgan fingerprint density at radius 3 is 2.57 bits per heavy atom. The first kappa shape index (κ1) is 17.4. The van der Waals surface area contributed by atoms with E-state index in [4.69, 9.17) is 4.74 Å². The van der Waals surface area contributed by atoms with Crippen molar-refractivity contribution in [3.8, 4) is 0 Å². The minimum atomic E-state index is -0.230. The lowest BCUT2D eigenvalue weighted by Crippen LogP contribution is -2.19. The highest BCUT2D eigenvalue weighted by Crippen LogP contribution is 2.12. The molecule has 4 nitrogen and oxygen atoms in total. The molecule has 2 rings (SSSR count). The summed E-state index contributed by atoms with van der Waals surface area (Å²) in [5.41, 5.74) is 2.45. The van der Waals surface area contributed by atoms with Crippen LogP contribution in [-0.4, -0.2) is 24.9 Å². The summed E-state index contributed by atoms with van der Waals surface area (Å²) in [6.45, 7) is 2.11. The van der Waals surface area contributed by atoms with Crippen molar-refractivity contribution < 1.29 is 14.3 Å². The highest BCUT2D eigenvalue weighted by Gasteiger charge is 2.07. The molecular weight excluding hydrogens is 358 g/mol. The fraction of sp³-hybridized carbons (Fsp3) is 0.222. The van der Waals surface area contributed by atoms with Gasteiger partial charge in [-0.25, -0.2) is 0 Å². The molecule has 120 valence electrons. The van der Waals surface area contributed by atoms with Crippen LogP contribution in [0.2, 0.25) is 0 Å². The maximum absolute atomic E-state index is 11.9. The van der Waals surface area contributed by atoms with E-state index in [2.05, 4.69) is 21.2 Å². The van der Waals surface area contributed by atoms with E-state index < -0.39 is 0 Å². The molecule has 0 aromatic heterocycles. The highest BCUT2D eigenvalue weighted by molar-refractivity contribution is 9.10. The topological polar surface area (TPSA) is 55.4 Å². The zero-order valence-electron chi connectivity index (χ0n) is 12.8. The second-order valence-corrected chi connectivity index (χ2v) is 6.07. The zero-order chi connectivity index (χ0) is 16.7. The predicted molar refractivity (Wildman–Crippen MR) is 93.7 cm³/mol. The monoisotopic (exact) mass is 375 g/mol. The van der Waals surface area contributed by atoms with Gasteiger partial charge in [-0.15, -0.1) is 0 Å². The number of ketones is 1. The molecule has 1 amide bonds. The van der Waals surface area contributed by atoms with Crippen molar-refractivity contribution in [2.24, 2.45) is 0 Å². The maximum atomic E-state index is 11.9. The number of rotatable bonds is 7. The van der Waals surface area contributed by atoms with Crippen LogP contribution in [0.1, 0.15) is 22.3 Å². The van der Waals surface area contributed by atoms with E-state index in [9.17, 15) is 9.59 Å². The highest BCUT2D eigenvalue weighted by atomic mass is 79.9. The molecule has 0 spiro atoms. The minimum absolute atomic E-state index is 0.00316. The lowest BCUT2D eigenvalue weighted by atomic mass is 10.1. The lowest BCUT2D eigenvalue weighted by Gasteiger charge is -2.07. The Balaban J connectivity index is 1.69. The molecule has 0 saturated heterocycles. The summed E-state index contributed by atoms with van der Waals surface area (Å²) in [5, 5.41) is 2.75. The molecule has 0 fully saturated rings. The molecule has 0 unspecified atom stereocenters. The molecule has 0 atom stereocenters. The molecule has 2 aromatic rings. The predicted octanol–water partition coefficient (Wildman–Crippen LogP) is 3.99. The van der Waals surface area contributed by atoms with Crippen molar-refractivity contribution in [2.75, 3.05) is 18.5 Å². The van der Waals surface area contributed by atoms with Crippen LogP contribution in [0.25, 0.3) is 0 Å². The van der Waals surface area contributed by atoms with Crippen LogP contribution in [0.15, 0.2) is 53.0 Å². The van der Waals surface area contributed by atoms with Gasteiger partial charge in [0.05, 0.1) is 6.61 Å². The number of anilines is 1. The van der Waals surface area contributed by atoms with Crippen LogP contribution in [0.4, 0.5) is 5.69 Å². The Hall–Kier alpha value is -1.98. The molecule has 0 bridgehead atoms. The van der Waals surface area contributed by atoms with Gasteiger partial charge in [-0.2, -0.15) is 0 Å². The average Bonchev–Trinajstić information content (AvgIpc) is 2.52. The van der Waals surface area contributed by atoms with Gasteiger partial charge in [0.1, 0.15) is 6.61 Å². The first-order valence-corrected chi connectivity index (χ1v) is 8.07. The molecule has 2 aromatic carbocycles. The molecule has 0 aliphatic rings. The van der Waals surface area contributed by atoms with Crippen LogP contribution in [0, 0.1) is 6.92 Å². The summed E-state index contributed by atoms with van der Waals surface area (Å²) in [7, 11) is 0. The summed E-state index contributed by atoms with van der Waals surface area (Å²) < 4.78 is 6.20. The van der Waals surface area contributed by atoms with Crippen molar-refractivity contribution in [3.05, 3.63) is 64.1 Å². The largest absolute Gasteiger partial charge is 0.371 e. The van der Waals surface area contributed by atoms with Crippen LogP contribution in [0.5, 0.6) is 0 Å². The first-order valence-electron chi connectivity index (χ1n) is 7.27. The summed E-state index contributed by atoms with van der Waals surface area (Å²) in [6, 6.07) is 14.7. The summed E-state index contributed by atoms with van der Waals surface area (Å²) >= 11 is 3.33.